The van der Waals surface area contributed by atoms with Crippen LogP contribution in [0.1, 0.15) is 58.2 Å². The van der Waals surface area contributed by atoms with Gasteiger partial charge in [-0.25, -0.2) is 19.4 Å². The summed E-state index contributed by atoms with van der Waals surface area (Å²) in [6.45, 7) is 12.0. The van der Waals surface area contributed by atoms with E-state index >= 15 is 0 Å². The second-order valence-electron chi connectivity index (χ2n) is 11.1. The lowest BCUT2D eigenvalue weighted by Gasteiger charge is -2.27. The lowest BCUT2D eigenvalue weighted by atomic mass is 10.0. The van der Waals surface area contributed by atoms with Crippen molar-refractivity contribution < 1.29 is 28.7 Å². The molecular weight excluding hydrogens is 508 g/mol. The van der Waals surface area contributed by atoms with Crippen molar-refractivity contribution >= 4 is 47.0 Å². The van der Waals surface area contributed by atoms with Gasteiger partial charge in [-0.3, -0.25) is 9.59 Å². The van der Waals surface area contributed by atoms with Crippen LogP contribution in [0.4, 0.5) is 9.59 Å². The monoisotopic (exact) mass is 536 g/mol. The molecule has 0 fully saturated rings. The highest BCUT2D eigenvalue weighted by molar-refractivity contribution is 6.35. The van der Waals surface area contributed by atoms with Crippen LogP contribution in [-0.2, 0) is 19.1 Å². The van der Waals surface area contributed by atoms with Crippen molar-refractivity contribution in [2.75, 3.05) is 0 Å². The zero-order chi connectivity index (χ0) is 28.2. The highest BCUT2D eigenvalue weighted by atomic mass is 35.5. The van der Waals surface area contributed by atoms with Gasteiger partial charge in [0.05, 0.1) is 22.5 Å². The van der Waals surface area contributed by atoms with Crippen molar-refractivity contribution in [1.29, 1.82) is 0 Å². The Bertz CT molecular complexity index is 1300. The van der Waals surface area contributed by atoms with Crippen LogP contribution in [0.15, 0.2) is 59.7 Å². The smallest absolute Gasteiger partial charge is 0.422 e. The minimum atomic E-state index is -0.943. The number of amides is 4. The predicted molar refractivity (Wildman–Crippen MR) is 143 cm³/mol. The average molecular weight is 537 g/mol. The fraction of sp³-hybridized carbons (Fsp3) is 0.310. The van der Waals surface area contributed by atoms with Crippen LogP contribution >= 0.6 is 11.6 Å². The lowest BCUT2D eigenvalue weighted by Crippen LogP contribution is -2.40. The fourth-order valence-electron chi connectivity index (χ4n) is 4.13. The molecule has 0 bridgehead atoms. The van der Waals surface area contributed by atoms with Gasteiger partial charge in [0, 0.05) is 5.02 Å². The number of carbonyl (C=O) groups excluding carboxylic acids is 4. The standard InChI is InChI=1S/C29H29ClN2O6/c1-16-8-10-17(11-9-16)22-20-21(25(34)31(22)26(35)37-28(2,3)4)23(18-12-14-19(30)15-13-18)32(24(20)33)27(36)38-29(5,6)7/h8-15H,1-7H3. The molecule has 0 atom stereocenters. The van der Waals surface area contributed by atoms with Gasteiger partial charge >= 0.3 is 12.2 Å². The van der Waals surface area contributed by atoms with Crippen molar-refractivity contribution in [2.45, 2.75) is 59.7 Å². The number of rotatable bonds is 2. The number of halogens is 1. The number of fused-ring (bicyclic) bond motifs is 1. The first-order chi connectivity index (χ1) is 17.6. The molecule has 0 aliphatic carbocycles. The van der Waals surface area contributed by atoms with Crippen molar-refractivity contribution in [3.63, 3.8) is 0 Å². The molecule has 0 N–H and O–H groups in total. The zero-order valence-electron chi connectivity index (χ0n) is 22.3. The Morgan fingerprint density at radius 1 is 0.658 bits per heavy atom. The molecule has 2 aromatic rings. The van der Waals surface area contributed by atoms with Gasteiger partial charge in [-0.2, -0.15) is 0 Å². The fourth-order valence-corrected chi connectivity index (χ4v) is 4.26. The molecule has 0 radical (unpaired) electrons. The summed E-state index contributed by atoms with van der Waals surface area (Å²) in [4.78, 5) is 56.4. The maximum Gasteiger partial charge on any atom is 0.422 e. The highest BCUT2D eigenvalue weighted by Gasteiger charge is 2.54. The van der Waals surface area contributed by atoms with E-state index in [2.05, 4.69) is 0 Å². The number of ether oxygens (including phenoxy) is 2. The van der Waals surface area contributed by atoms with Crippen LogP contribution in [0.25, 0.3) is 11.4 Å². The molecule has 2 aliphatic rings. The molecule has 9 heteroatoms. The van der Waals surface area contributed by atoms with Crippen molar-refractivity contribution in [1.82, 2.24) is 9.80 Å². The van der Waals surface area contributed by atoms with Crippen LogP contribution in [0.2, 0.25) is 5.02 Å². The summed E-state index contributed by atoms with van der Waals surface area (Å²) in [6, 6.07) is 13.3. The molecule has 0 unspecified atom stereocenters. The van der Waals surface area contributed by atoms with E-state index < -0.39 is 35.2 Å². The van der Waals surface area contributed by atoms with Gasteiger partial charge in [-0.15, -0.1) is 0 Å². The van der Waals surface area contributed by atoms with E-state index in [1.165, 1.54) is 0 Å². The summed E-state index contributed by atoms with van der Waals surface area (Å²) in [5.41, 5.74) is -0.179. The second kappa shape index (κ2) is 9.44. The van der Waals surface area contributed by atoms with Crippen LogP contribution in [0, 0.1) is 6.92 Å². The van der Waals surface area contributed by atoms with E-state index in [4.69, 9.17) is 21.1 Å². The summed E-state index contributed by atoms with van der Waals surface area (Å²) in [6.07, 6.45) is -1.87. The van der Waals surface area contributed by atoms with Gasteiger partial charge in [-0.05, 0) is 71.7 Å². The van der Waals surface area contributed by atoms with Gasteiger partial charge in [0.2, 0.25) is 0 Å². The first kappa shape index (κ1) is 27.1. The Balaban J connectivity index is 2.01. The minimum Gasteiger partial charge on any atom is -0.443 e. The molecule has 4 rings (SSSR count). The summed E-state index contributed by atoms with van der Waals surface area (Å²) in [5, 5.41) is 0.428. The van der Waals surface area contributed by atoms with E-state index in [9.17, 15) is 19.2 Å². The Hall–Kier alpha value is -3.91. The van der Waals surface area contributed by atoms with Gasteiger partial charge in [0.1, 0.15) is 11.2 Å². The SMILES string of the molecule is Cc1ccc(C2=C3C(=O)N(C(=O)OC(C)(C)C)C(c4ccc(Cl)cc4)=C3C(=O)N2C(=O)OC(C)(C)C)cc1. The molecular formula is C29H29ClN2O6. The summed E-state index contributed by atoms with van der Waals surface area (Å²) in [5.74, 6) is -1.57. The van der Waals surface area contributed by atoms with Crippen LogP contribution in [0.5, 0.6) is 0 Å². The largest absolute Gasteiger partial charge is 0.443 e. The molecule has 0 aromatic heterocycles. The topological polar surface area (TPSA) is 93.2 Å². The molecule has 0 saturated carbocycles. The molecule has 2 heterocycles. The number of benzene rings is 2. The zero-order valence-corrected chi connectivity index (χ0v) is 23.1. The van der Waals surface area contributed by atoms with Gasteiger partial charge < -0.3 is 9.47 Å². The van der Waals surface area contributed by atoms with E-state index in [1.54, 1.807) is 90.1 Å². The van der Waals surface area contributed by atoms with Gasteiger partial charge in [0.25, 0.3) is 11.8 Å². The van der Waals surface area contributed by atoms with E-state index in [0.717, 1.165) is 15.4 Å². The first-order valence-corrected chi connectivity index (χ1v) is 12.4. The van der Waals surface area contributed by atoms with Crippen LogP contribution in [-0.4, -0.2) is 45.0 Å². The second-order valence-corrected chi connectivity index (χ2v) is 11.5. The highest BCUT2D eigenvalue weighted by Crippen LogP contribution is 2.47. The van der Waals surface area contributed by atoms with Gasteiger partial charge in [0.15, 0.2) is 0 Å². The molecule has 8 nitrogen and oxygen atoms in total. The summed E-state index contributed by atoms with van der Waals surface area (Å²) in [7, 11) is 0. The summed E-state index contributed by atoms with van der Waals surface area (Å²) >= 11 is 6.08. The molecule has 198 valence electrons. The molecule has 2 aliphatic heterocycles. The number of hydrogen-bond donors (Lipinski definition) is 0. The van der Waals surface area contributed by atoms with E-state index in [1.807, 2.05) is 6.92 Å². The lowest BCUT2D eigenvalue weighted by molar-refractivity contribution is -0.123. The van der Waals surface area contributed by atoms with Crippen molar-refractivity contribution in [2.24, 2.45) is 0 Å². The Kier molecular flexibility index (Phi) is 6.74. The minimum absolute atomic E-state index is 0.0107. The van der Waals surface area contributed by atoms with Crippen LogP contribution < -0.4 is 0 Å². The summed E-state index contributed by atoms with van der Waals surface area (Å²) < 4.78 is 11.1. The molecule has 0 saturated heterocycles. The number of nitrogens with zero attached hydrogens (tertiary/aromatic N) is 2. The van der Waals surface area contributed by atoms with Gasteiger partial charge in [-0.1, -0.05) is 53.6 Å². The quantitative estimate of drug-likeness (QED) is 0.445. The van der Waals surface area contributed by atoms with E-state index in [-0.39, 0.29) is 22.5 Å². The first-order valence-electron chi connectivity index (χ1n) is 12.1. The molecule has 38 heavy (non-hydrogen) atoms. The number of imide groups is 2. The Morgan fingerprint density at radius 2 is 1.00 bits per heavy atom. The average Bonchev–Trinajstić information content (AvgIpc) is 3.25. The predicted octanol–water partition coefficient (Wildman–Crippen LogP) is 6.33. The Morgan fingerprint density at radius 3 is 1.34 bits per heavy atom. The molecule has 2 aromatic carbocycles. The number of aryl methyl sites for hydroxylation is 1. The molecule has 0 spiro atoms. The number of carbonyl (C=O) groups is 4. The molecule has 4 amide bonds. The normalized spacial score (nSPS) is 15.9. The third-order valence-corrected chi connectivity index (χ3v) is 5.85. The van der Waals surface area contributed by atoms with Crippen molar-refractivity contribution in [3.8, 4) is 0 Å². The van der Waals surface area contributed by atoms with Crippen molar-refractivity contribution in [3.05, 3.63) is 81.4 Å². The van der Waals surface area contributed by atoms with E-state index in [0.29, 0.717) is 16.1 Å². The number of hydrogen-bond acceptors (Lipinski definition) is 6. The maximum atomic E-state index is 14.0. The Labute approximate surface area is 226 Å². The third kappa shape index (κ3) is 5.09. The van der Waals surface area contributed by atoms with Crippen LogP contribution in [0.3, 0.4) is 0 Å². The third-order valence-electron chi connectivity index (χ3n) is 5.60. The maximum absolute atomic E-state index is 14.0.